The summed E-state index contributed by atoms with van der Waals surface area (Å²) in [7, 11) is 0. The lowest BCUT2D eigenvalue weighted by molar-refractivity contribution is 0.00349. The second kappa shape index (κ2) is 5.36. The van der Waals surface area contributed by atoms with Crippen LogP contribution in [0.15, 0.2) is 12.1 Å². The molecule has 1 saturated heterocycles. The van der Waals surface area contributed by atoms with Gasteiger partial charge in [-0.15, -0.1) is 5.10 Å². The van der Waals surface area contributed by atoms with Crippen LogP contribution in [0.25, 0.3) is 11.4 Å². The Bertz CT molecular complexity index is 660. The van der Waals surface area contributed by atoms with Crippen molar-refractivity contribution in [1.29, 1.82) is 0 Å². The number of nitrogens with zero attached hydrogens (tertiary/aromatic N) is 4. The van der Waals surface area contributed by atoms with Crippen molar-refractivity contribution in [1.82, 2.24) is 20.2 Å². The van der Waals surface area contributed by atoms with Gasteiger partial charge in [0.25, 0.3) is 0 Å². The fourth-order valence-corrected chi connectivity index (χ4v) is 2.55. The Hall–Kier alpha value is -2.09. The van der Waals surface area contributed by atoms with Gasteiger partial charge >= 0.3 is 0 Å². The molecule has 1 aliphatic rings. The molecule has 8 heteroatoms. The first-order chi connectivity index (χ1) is 10.1. The van der Waals surface area contributed by atoms with Gasteiger partial charge in [0.05, 0.1) is 23.4 Å². The van der Waals surface area contributed by atoms with Crippen molar-refractivity contribution >= 4 is 5.69 Å². The lowest BCUT2D eigenvalue weighted by Crippen LogP contribution is -2.26. The van der Waals surface area contributed by atoms with Crippen LogP contribution in [0.2, 0.25) is 0 Å². The summed E-state index contributed by atoms with van der Waals surface area (Å²) in [6.07, 6.45) is 1.56. The van der Waals surface area contributed by atoms with Crippen molar-refractivity contribution < 1.29 is 13.5 Å². The molecule has 0 bridgehead atoms. The molecular weight excluding hydrogens is 280 g/mol. The molecule has 2 heterocycles. The van der Waals surface area contributed by atoms with E-state index in [2.05, 4.69) is 15.5 Å². The highest BCUT2D eigenvalue weighted by Gasteiger charge is 2.26. The quantitative estimate of drug-likeness (QED) is 0.857. The topological polar surface area (TPSA) is 78.9 Å². The number of aromatic nitrogens is 4. The minimum atomic E-state index is -0.796. The van der Waals surface area contributed by atoms with E-state index < -0.39 is 11.6 Å². The van der Waals surface area contributed by atoms with E-state index >= 15 is 0 Å². The molecule has 6 nitrogen and oxygen atoms in total. The molecular formula is C13H15F2N5O. The third-order valence-corrected chi connectivity index (χ3v) is 3.62. The largest absolute Gasteiger partial charge is 0.396 e. The van der Waals surface area contributed by atoms with Crippen LogP contribution >= 0.6 is 0 Å². The van der Waals surface area contributed by atoms with Gasteiger partial charge in [-0.25, -0.2) is 13.5 Å². The first-order valence-electron chi connectivity index (χ1n) is 6.70. The van der Waals surface area contributed by atoms with Crippen molar-refractivity contribution in [2.45, 2.75) is 31.9 Å². The molecule has 2 atom stereocenters. The summed E-state index contributed by atoms with van der Waals surface area (Å²) in [6.45, 7) is 2.56. The zero-order valence-electron chi connectivity index (χ0n) is 11.5. The standard InChI is InChI=1S/C13H15F2N5O/c1-7-4-8(2-3-21-7)20-13(17-18-19-20)9-5-12(16)11(15)6-10(9)14/h5-8H,2-4,16H2,1H3. The summed E-state index contributed by atoms with van der Waals surface area (Å²) < 4.78 is 34.3. The number of rotatable bonds is 2. The summed E-state index contributed by atoms with van der Waals surface area (Å²) in [4.78, 5) is 0. The zero-order chi connectivity index (χ0) is 15.0. The summed E-state index contributed by atoms with van der Waals surface area (Å²) in [5.41, 5.74) is 5.46. The van der Waals surface area contributed by atoms with Crippen LogP contribution in [0, 0.1) is 11.6 Å². The molecule has 112 valence electrons. The summed E-state index contributed by atoms with van der Waals surface area (Å²) in [5.74, 6) is -1.29. The van der Waals surface area contributed by atoms with Crippen LogP contribution in [0.4, 0.5) is 14.5 Å². The Morgan fingerprint density at radius 1 is 1.33 bits per heavy atom. The van der Waals surface area contributed by atoms with E-state index in [9.17, 15) is 8.78 Å². The van der Waals surface area contributed by atoms with Gasteiger partial charge in [0.15, 0.2) is 5.82 Å². The van der Waals surface area contributed by atoms with E-state index in [4.69, 9.17) is 10.5 Å². The second-order valence-electron chi connectivity index (χ2n) is 5.16. The van der Waals surface area contributed by atoms with Gasteiger partial charge < -0.3 is 10.5 Å². The second-order valence-corrected chi connectivity index (χ2v) is 5.16. The monoisotopic (exact) mass is 295 g/mol. The molecule has 2 unspecified atom stereocenters. The number of hydrogen-bond acceptors (Lipinski definition) is 5. The number of hydrogen-bond donors (Lipinski definition) is 1. The number of anilines is 1. The van der Waals surface area contributed by atoms with Crippen LogP contribution in [0.1, 0.15) is 25.8 Å². The molecule has 0 amide bonds. The Kier molecular flexibility index (Phi) is 3.54. The van der Waals surface area contributed by atoms with Crippen LogP contribution in [0.3, 0.4) is 0 Å². The van der Waals surface area contributed by atoms with E-state index in [-0.39, 0.29) is 29.2 Å². The fraction of sp³-hybridized carbons (Fsp3) is 0.462. The lowest BCUT2D eigenvalue weighted by atomic mass is 10.0. The van der Waals surface area contributed by atoms with Gasteiger partial charge in [0.1, 0.15) is 11.6 Å². The Labute approximate surface area is 119 Å². The van der Waals surface area contributed by atoms with Gasteiger partial charge in [-0.2, -0.15) is 0 Å². The number of benzene rings is 1. The normalized spacial score (nSPS) is 22.4. The maximum Gasteiger partial charge on any atom is 0.185 e. The smallest absolute Gasteiger partial charge is 0.185 e. The Morgan fingerprint density at radius 3 is 2.90 bits per heavy atom. The number of nitrogen functional groups attached to an aromatic ring is 1. The minimum absolute atomic E-state index is 0.0180. The first kappa shape index (κ1) is 13.9. The van der Waals surface area contributed by atoms with Crippen molar-refractivity contribution in [3.8, 4) is 11.4 Å². The SMILES string of the molecule is CC1CC(n2nnnc2-c2cc(N)c(F)cc2F)CCO1. The van der Waals surface area contributed by atoms with E-state index in [0.29, 0.717) is 6.61 Å². The molecule has 0 spiro atoms. The van der Waals surface area contributed by atoms with Crippen molar-refractivity contribution in [3.63, 3.8) is 0 Å². The van der Waals surface area contributed by atoms with Crippen molar-refractivity contribution in [2.24, 2.45) is 0 Å². The van der Waals surface area contributed by atoms with Gasteiger partial charge in [-0.05, 0) is 36.3 Å². The third-order valence-electron chi connectivity index (χ3n) is 3.62. The molecule has 1 fully saturated rings. The molecule has 3 rings (SSSR count). The van der Waals surface area contributed by atoms with Gasteiger partial charge in [0.2, 0.25) is 0 Å². The molecule has 0 radical (unpaired) electrons. The molecule has 1 aromatic carbocycles. The fourth-order valence-electron chi connectivity index (χ4n) is 2.55. The highest BCUT2D eigenvalue weighted by Crippen LogP contribution is 2.30. The predicted molar refractivity (Wildman–Crippen MR) is 71.3 cm³/mol. The van der Waals surface area contributed by atoms with E-state index in [0.717, 1.165) is 18.9 Å². The molecule has 0 saturated carbocycles. The van der Waals surface area contributed by atoms with Crippen molar-refractivity contribution in [3.05, 3.63) is 23.8 Å². The highest BCUT2D eigenvalue weighted by molar-refractivity contribution is 5.62. The number of halogens is 2. The third kappa shape index (κ3) is 2.58. The predicted octanol–water partition coefficient (Wildman–Crippen LogP) is 1.94. The zero-order valence-corrected chi connectivity index (χ0v) is 11.5. The van der Waals surface area contributed by atoms with E-state index in [1.54, 1.807) is 4.68 Å². The molecule has 2 aromatic rings. The Balaban J connectivity index is 2.01. The highest BCUT2D eigenvalue weighted by atomic mass is 19.1. The van der Waals surface area contributed by atoms with Crippen LogP contribution < -0.4 is 5.73 Å². The maximum atomic E-state index is 14.0. The lowest BCUT2D eigenvalue weighted by Gasteiger charge is -2.27. The van der Waals surface area contributed by atoms with Gasteiger partial charge in [-0.3, -0.25) is 0 Å². The van der Waals surface area contributed by atoms with Crippen LogP contribution in [-0.4, -0.2) is 32.9 Å². The minimum Gasteiger partial charge on any atom is -0.396 e. The van der Waals surface area contributed by atoms with Crippen molar-refractivity contribution in [2.75, 3.05) is 12.3 Å². The molecule has 2 N–H and O–H groups in total. The average Bonchev–Trinajstić information content (AvgIpc) is 2.92. The van der Waals surface area contributed by atoms with E-state index in [1.165, 1.54) is 6.07 Å². The number of ether oxygens (including phenoxy) is 1. The molecule has 0 aliphatic carbocycles. The van der Waals surface area contributed by atoms with Gasteiger partial charge in [0, 0.05) is 12.7 Å². The molecule has 1 aliphatic heterocycles. The maximum absolute atomic E-state index is 14.0. The first-order valence-corrected chi connectivity index (χ1v) is 6.70. The number of tetrazole rings is 1. The van der Waals surface area contributed by atoms with Crippen LogP contribution in [-0.2, 0) is 4.74 Å². The molecule has 1 aromatic heterocycles. The summed E-state index contributed by atoms with van der Waals surface area (Å²) in [5, 5.41) is 11.4. The van der Waals surface area contributed by atoms with E-state index in [1.807, 2.05) is 6.92 Å². The average molecular weight is 295 g/mol. The summed E-state index contributed by atoms with van der Waals surface area (Å²) >= 11 is 0. The number of nitrogens with two attached hydrogens (primary N) is 1. The van der Waals surface area contributed by atoms with Gasteiger partial charge in [-0.1, -0.05) is 0 Å². The van der Waals surface area contributed by atoms with Crippen LogP contribution in [0.5, 0.6) is 0 Å². The Morgan fingerprint density at radius 2 is 2.14 bits per heavy atom. The molecule has 21 heavy (non-hydrogen) atoms. The summed E-state index contributed by atoms with van der Waals surface area (Å²) in [6, 6.07) is 1.98.